The van der Waals surface area contributed by atoms with Crippen molar-refractivity contribution in [3.63, 3.8) is 0 Å². The van der Waals surface area contributed by atoms with E-state index in [9.17, 15) is 9.59 Å². The Labute approximate surface area is 164 Å². The van der Waals surface area contributed by atoms with Crippen LogP contribution in [0.2, 0.25) is 0 Å². The number of amides is 1. The lowest BCUT2D eigenvalue weighted by atomic mass is 9.92. The van der Waals surface area contributed by atoms with Gasteiger partial charge in [0.05, 0.1) is 24.1 Å². The van der Waals surface area contributed by atoms with Crippen molar-refractivity contribution in [1.29, 1.82) is 0 Å². The number of nitrogens with one attached hydrogen (secondary N) is 1. The summed E-state index contributed by atoms with van der Waals surface area (Å²) in [7, 11) is 0. The average molecular weight is 382 g/mol. The molecule has 1 unspecified atom stereocenters. The standard InChI is InChI=1S/C22H26N2O4/c25-21(10-3-15-11-13-27-22(15)26)24-17-4-6-18(7-5-17)28-19-8-9-20-16(14-19)2-1-12-23-20/h1-2,8-9,12,14-15,17-18H,3-7,10-11,13H2,(H,24,25). The molecule has 148 valence electrons. The van der Waals surface area contributed by atoms with Crippen molar-refractivity contribution < 1.29 is 19.1 Å². The van der Waals surface area contributed by atoms with E-state index >= 15 is 0 Å². The molecule has 0 spiro atoms. The molecule has 2 aliphatic rings. The third-order valence-corrected chi connectivity index (χ3v) is 5.68. The first-order valence-corrected chi connectivity index (χ1v) is 10.1. The summed E-state index contributed by atoms with van der Waals surface area (Å²) in [5.41, 5.74) is 0.965. The Kier molecular flexibility index (Phi) is 5.74. The molecule has 0 radical (unpaired) electrons. The van der Waals surface area contributed by atoms with Gasteiger partial charge in [-0.25, -0.2) is 0 Å². The second-order valence-corrected chi connectivity index (χ2v) is 7.71. The van der Waals surface area contributed by atoms with Crippen LogP contribution in [0.4, 0.5) is 0 Å². The molecule has 2 fully saturated rings. The van der Waals surface area contributed by atoms with Gasteiger partial charge in [0.25, 0.3) is 0 Å². The van der Waals surface area contributed by atoms with Gasteiger partial charge in [0.15, 0.2) is 0 Å². The van der Waals surface area contributed by atoms with Gasteiger partial charge in [-0.1, -0.05) is 6.07 Å². The summed E-state index contributed by atoms with van der Waals surface area (Å²) in [4.78, 5) is 28.0. The van der Waals surface area contributed by atoms with Gasteiger partial charge in [-0.2, -0.15) is 0 Å². The molecule has 28 heavy (non-hydrogen) atoms. The predicted molar refractivity (Wildman–Crippen MR) is 105 cm³/mol. The first kappa shape index (κ1) is 18.7. The lowest BCUT2D eigenvalue weighted by Crippen LogP contribution is -2.39. The van der Waals surface area contributed by atoms with Crippen LogP contribution in [0.3, 0.4) is 0 Å². The number of hydrogen-bond donors (Lipinski definition) is 1. The zero-order valence-electron chi connectivity index (χ0n) is 15.9. The van der Waals surface area contributed by atoms with Crippen LogP contribution >= 0.6 is 0 Å². The van der Waals surface area contributed by atoms with Gasteiger partial charge in [-0.15, -0.1) is 0 Å². The molecule has 6 heteroatoms. The SMILES string of the molecule is O=C(CCC1CCOC1=O)NC1CCC(Oc2ccc3ncccc3c2)CC1. The van der Waals surface area contributed by atoms with E-state index < -0.39 is 0 Å². The zero-order chi connectivity index (χ0) is 19.3. The first-order valence-electron chi connectivity index (χ1n) is 10.1. The highest BCUT2D eigenvalue weighted by Crippen LogP contribution is 2.26. The minimum absolute atomic E-state index is 0.0334. The minimum atomic E-state index is -0.157. The van der Waals surface area contributed by atoms with Crippen LogP contribution in [-0.4, -0.2) is 35.6 Å². The molecule has 1 aromatic heterocycles. The van der Waals surface area contributed by atoms with Gasteiger partial charge >= 0.3 is 5.97 Å². The molecular formula is C22H26N2O4. The second-order valence-electron chi connectivity index (χ2n) is 7.71. The smallest absolute Gasteiger partial charge is 0.309 e. The summed E-state index contributed by atoms with van der Waals surface area (Å²) in [5, 5.41) is 4.19. The van der Waals surface area contributed by atoms with Crippen molar-refractivity contribution in [3.05, 3.63) is 36.5 Å². The molecule has 0 bridgehead atoms. The fourth-order valence-corrected chi connectivity index (χ4v) is 4.05. The summed E-state index contributed by atoms with van der Waals surface area (Å²) < 4.78 is 11.1. The Hall–Kier alpha value is -2.63. The monoisotopic (exact) mass is 382 g/mol. The number of cyclic esters (lactones) is 1. The summed E-state index contributed by atoms with van der Waals surface area (Å²) in [6.07, 6.45) is 7.35. The van der Waals surface area contributed by atoms with E-state index in [1.165, 1.54) is 0 Å². The van der Waals surface area contributed by atoms with Crippen LogP contribution in [0.15, 0.2) is 36.5 Å². The van der Waals surface area contributed by atoms with Gasteiger partial charge in [-0.05, 0) is 62.8 Å². The molecule has 1 aliphatic carbocycles. The number of ether oxygens (including phenoxy) is 2. The van der Waals surface area contributed by atoms with Gasteiger partial charge in [-0.3, -0.25) is 14.6 Å². The quantitative estimate of drug-likeness (QED) is 0.775. The van der Waals surface area contributed by atoms with Gasteiger partial charge < -0.3 is 14.8 Å². The zero-order valence-corrected chi connectivity index (χ0v) is 15.9. The number of pyridine rings is 1. The summed E-state index contributed by atoms with van der Waals surface area (Å²) in [6, 6.07) is 10.1. The number of aromatic nitrogens is 1. The molecule has 1 atom stereocenters. The lowest BCUT2D eigenvalue weighted by Gasteiger charge is -2.29. The molecule has 1 aliphatic heterocycles. The van der Waals surface area contributed by atoms with Crippen LogP contribution in [0.25, 0.3) is 10.9 Å². The predicted octanol–water partition coefficient (Wildman–Crippen LogP) is 3.38. The van der Waals surface area contributed by atoms with Crippen LogP contribution in [0.1, 0.15) is 44.9 Å². The fourth-order valence-electron chi connectivity index (χ4n) is 4.05. The molecule has 1 saturated carbocycles. The highest BCUT2D eigenvalue weighted by molar-refractivity contribution is 5.80. The molecule has 1 N–H and O–H groups in total. The number of nitrogens with zero attached hydrogens (tertiary/aromatic N) is 1. The Balaban J connectivity index is 1.20. The van der Waals surface area contributed by atoms with Crippen molar-refractivity contribution in [2.75, 3.05) is 6.61 Å². The summed E-state index contributed by atoms with van der Waals surface area (Å²) in [6.45, 7) is 0.489. The van der Waals surface area contributed by atoms with Crippen LogP contribution in [0.5, 0.6) is 5.75 Å². The Morgan fingerprint density at radius 3 is 2.82 bits per heavy atom. The Morgan fingerprint density at radius 2 is 2.04 bits per heavy atom. The number of rotatable bonds is 6. The van der Waals surface area contributed by atoms with E-state index in [1.807, 2.05) is 30.3 Å². The normalized spacial score (nSPS) is 24.7. The van der Waals surface area contributed by atoms with E-state index in [1.54, 1.807) is 6.20 Å². The molecule has 2 aromatic rings. The minimum Gasteiger partial charge on any atom is -0.490 e. The summed E-state index contributed by atoms with van der Waals surface area (Å²) in [5.74, 6) is 0.643. The van der Waals surface area contributed by atoms with Gasteiger partial charge in [0.2, 0.25) is 5.91 Å². The van der Waals surface area contributed by atoms with Crippen LogP contribution in [-0.2, 0) is 14.3 Å². The largest absolute Gasteiger partial charge is 0.490 e. The number of carbonyl (C=O) groups is 2. The van der Waals surface area contributed by atoms with Gasteiger partial charge in [0.1, 0.15) is 5.75 Å². The van der Waals surface area contributed by atoms with Crippen molar-refractivity contribution in [3.8, 4) is 5.75 Å². The maximum atomic E-state index is 12.2. The third-order valence-electron chi connectivity index (χ3n) is 5.68. The highest BCUT2D eigenvalue weighted by Gasteiger charge is 2.28. The van der Waals surface area contributed by atoms with E-state index in [-0.39, 0.29) is 29.9 Å². The van der Waals surface area contributed by atoms with Crippen molar-refractivity contribution >= 4 is 22.8 Å². The number of benzene rings is 1. The molecule has 1 amide bonds. The fraction of sp³-hybridized carbons (Fsp3) is 0.500. The second kappa shape index (κ2) is 8.59. The number of carbonyl (C=O) groups excluding carboxylic acids is 2. The Bertz CT molecular complexity index is 845. The topological polar surface area (TPSA) is 77.5 Å². The number of fused-ring (bicyclic) bond motifs is 1. The van der Waals surface area contributed by atoms with E-state index in [0.717, 1.165) is 48.8 Å². The van der Waals surface area contributed by atoms with Gasteiger partial charge in [0, 0.05) is 24.0 Å². The van der Waals surface area contributed by atoms with E-state index in [4.69, 9.17) is 9.47 Å². The van der Waals surface area contributed by atoms with Crippen LogP contribution in [0, 0.1) is 5.92 Å². The highest BCUT2D eigenvalue weighted by atomic mass is 16.5. The molecule has 1 saturated heterocycles. The molecule has 4 rings (SSSR count). The number of hydrogen-bond acceptors (Lipinski definition) is 5. The van der Waals surface area contributed by atoms with Crippen molar-refractivity contribution in [2.45, 2.75) is 57.1 Å². The molecule has 2 heterocycles. The Morgan fingerprint density at radius 1 is 1.18 bits per heavy atom. The van der Waals surface area contributed by atoms with Crippen molar-refractivity contribution in [2.24, 2.45) is 5.92 Å². The maximum absolute atomic E-state index is 12.2. The first-order chi connectivity index (χ1) is 13.7. The summed E-state index contributed by atoms with van der Waals surface area (Å²) >= 11 is 0. The van der Waals surface area contributed by atoms with Crippen LogP contribution < -0.4 is 10.1 Å². The molecule has 1 aromatic carbocycles. The lowest BCUT2D eigenvalue weighted by molar-refractivity contribution is -0.141. The molecule has 6 nitrogen and oxygen atoms in total. The van der Waals surface area contributed by atoms with Crippen molar-refractivity contribution in [1.82, 2.24) is 10.3 Å². The number of esters is 1. The molecular weight excluding hydrogens is 356 g/mol. The maximum Gasteiger partial charge on any atom is 0.309 e. The average Bonchev–Trinajstić information content (AvgIpc) is 3.13. The van der Waals surface area contributed by atoms with E-state index in [2.05, 4.69) is 10.3 Å². The third kappa shape index (κ3) is 4.61. The van der Waals surface area contributed by atoms with E-state index in [0.29, 0.717) is 19.4 Å².